The third-order valence-corrected chi connectivity index (χ3v) is 5.46. The standard InChI is InChI=1S/C18H10Br2N2O3S/c19-13-8-11(9-14(20)16(13)25-7-6-21)10-15-17(23)22(18(24)26-15)12-4-2-1-3-5-12/h1-5,8-10H,7H2/b15-10-. The first-order chi connectivity index (χ1) is 12.5. The number of hydrogen-bond acceptors (Lipinski definition) is 5. The van der Waals surface area contributed by atoms with E-state index < -0.39 is 0 Å². The van der Waals surface area contributed by atoms with Crippen molar-refractivity contribution in [2.45, 2.75) is 0 Å². The van der Waals surface area contributed by atoms with Gasteiger partial charge in [-0.25, -0.2) is 4.90 Å². The number of ether oxygens (including phenoxy) is 1. The van der Waals surface area contributed by atoms with Crippen molar-refractivity contribution >= 4 is 66.5 Å². The number of carbonyl (C=O) groups excluding carboxylic acids is 2. The van der Waals surface area contributed by atoms with Gasteiger partial charge in [0.1, 0.15) is 11.8 Å². The van der Waals surface area contributed by atoms with E-state index in [0.717, 1.165) is 16.7 Å². The van der Waals surface area contributed by atoms with Crippen LogP contribution in [0.15, 0.2) is 56.3 Å². The molecular formula is C18H10Br2N2O3S. The number of anilines is 1. The van der Waals surface area contributed by atoms with Crippen LogP contribution in [0.25, 0.3) is 6.08 Å². The summed E-state index contributed by atoms with van der Waals surface area (Å²) in [6.45, 7) is -0.0769. The zero-order valence-electron chi connectivity index (χ0n) is 13.1. The largest absolute Gasteiger partial charge is 0.476 e. The lowest BCUT2D eigenvalue weighted by Crippen LogP contribution is -2.27. The average molecular weight is 494 g/mol. The zero-order valence-corrected chi connectivity index (χ0v) is 17.1. The predicted octanol–water partition coefficient (Wildman–Crippen LogP) is 5.35. The Labute approximate surface area is 170 Å². The molecule has 1 fully saturated rings. The number of nitriles is 1. The number of para-hydroxylation sites is 1. The van der Waals surface area contributed by atoms with Gasteiger partial charge in [0.2, 0.25) is 0 Å². The van der Waals surface area contributed by atoms with E-state index in [-0.39, 0.29) is 17.8 Å². The molecule has 0 unspecified atom stereocenters. The number of carbonyl (C=O) groups is 2. The number of amides is 2. The molecule has 0 spiro atoms. The molecule has 1 aliphatic heterocycles. The topological polar surface area (TPSA) is 70.4 Å². The van der Waals surface area contributed by atoms with Gasteiger partial charge in [-0.15, -0.1) is 0 Å². The van der Waals surface area contributed by atoms with E-state index >= 15 is 0 Å². The van der Waals surface area contributed by atoms with Crippen LogP contribution in [-0.2, 0) is 4.79 Å². The molecule has 0 aromatic heterocycles. The van der Waals surface area contributed by atoms with Gasteiger partial charge in [0, 0.05) is 0 Å². The van der Waals surface area contributed by atoms with Crippen LogP contribution in [0.3, 0.4) is 0 Å². The number of rotatable bonds is 4. The molecule has 1 aliphatic rings. The van der Waals surface area contributed by atoms with E-state index in [0.29, 0.717) is 30.9 Å². The number of hydrogen-bond donors (Lipinski definition) is 0. The predicted molar refractivity (Wildman–Crippen MR) is 108 cm³/mol. The first-order valence-corrected chi connectivity index (χ1v) is 9.73. The van der Waals surface area contributed by atoms with Crippen LogP contribution in [0.1, 0.15) is 5.56 Å². The number of benzene rings is 2. The van der Waals surface area contributed by atoms with E-state index in [4.69, 9.17) is 10.00 Å². The van der Waals surface area contributed by atoms with Crippen molar-refractivity contribution in [2.75, 3.05) is 11.5 Å². The summed E-state index contributed by atoms with van der Waals surface area (Å²) in [6, 6.07) is 14.2. The summed E-state index contributed by atoms with van der Waals surface area (Å²) < 4.78 is 6.61. The maximum atomic E-state index is 12.6. The minimum Gasteiger partial charge on any atom is -0.476 e. The fourth-order valence-corrected chi connectivity index (χ4v) is 4.62. The fraction of sp³-hybridized carbons (Fsp3) is 0.0556. The highest BCUT2D eigenvalue weighted by Crippen LogP contribution is 2.38. The van der Waals surface area contributed by atoms with Crippen LogP contribution < -0.4 is 9.64 Å². The molecule has 8 heteroatoms. The molecule has 2 amide bonds. The van der Waals surface area contributed by atoms with Gasteiger partial charge in [0.25, 0.3) is 11.1 Å². The lowest BCUT2D eigenvalue weighted by molar-refractivity contribution is -0.113. The normalized spacial score (nSPS) is 15.4. The maximum absolute atomic E-state index is 12.6. The van der Waals surface area contributed by atoms with Gasteiger partial charge in [0.05, 0.1) is 19.5 Å². The van der Waals surface area contributed by atoms with E-state index in [1.807, 2.05) is 12.1 Å². The van der Waals surface area contributed by atoms with Crippen molar-refractivity contribution in [3.8, 4) is 11.8 Å². The Morgan fingerprint density at radius 2 is 1.81 bits per heavy atom. The van der Waals surface area contributed by atoms with Crippen LogP contribution in [0, 0.1) is 11.3 Å². The van der Waals surface area contributed by atoms with Gasteiger partial charge in [-0.1, -0.05) is 18.2 Å². The van der Waals surface area contributed by atoms with Crippen molar-refractivity contribution in [2.24, 2.45) is 0 Å². The molecule has 0 N–H and O–H groups in total. The lowest BCUT2D eigenvalue weighted by Gasteiger charge is -2.11. The van der Waals surface area contributed by atoms with Gasteiger partial charge in [0.15, 0.2) is 6.61 Å². The quantitative estimate of drug-likeness (QED) is 0.536. The Morgan fingerprint density at radius 3 is 2.42 bits per heavy atom. The highest BCUT2D eigenvalue weighted by atomic mass is 79.9. The molecular weight excluding hydrogens is 484 g/mol. The van der Waals surface area contributed by atoms with Crippen LogP contribution in [-0.4, -0.2) is 17.8 Å². The third-order valence-electron chi connectivity index (χ3n) is 3.41. The number of halogens is 2. The molecule has 2 aromatic rings. The van der Waals surface area contributed by atoms with Crippen molar-refractivity contribution < 1.29 is 14.3 Å². The summed E-state index contributed by atoms with van der Waals surface area (Å²) in [4.78, 5) is 26.4. The lowest BCUT2D eigenvalue weighted by atomic mass is 10.2. The van der Waals surface area contributed by atoms with E-state index in [9.17, 15) is 9.59 Å². The fourth-order valence-electron chi connectivity index (χ4n) is 2.32. The third kappa shape index (κ3) is 3.85. The van der Waals surface area contributed by atoms with Gasteiger partial charge >= 0.3 is 0 Å². The molecule has 1 heterocycles. The van der Waals surface area contributed by atoms with Crippen molar-refractivity contribution in [1.82, 2.24) is 0 Å². The second kappa shape index (κ2) is 8.08. The SMILES string of the molecule is N#CCOc1c(Br)cc(/C=C2\SC(=O)N(c3ccccc3)C2=O)cc1Br. The van der Waals surface area contributed by atoms with Gasteiger partial charge in [-0.3, -0.25) is 9.59 Å². The highest BCUT2D eigenvalue weighted by Gasteiger charge is 2.36. The smallest absolute Gasteiger partial charge is 0.298 e. The first-order valence-electron chi connectivity index (χ1n) is 7.33. The molecule has 0 bridgehead atoms. The van der Waals surface area contributed by atoms with Gasteiger partial charge in [-0.2, -0.15) is 5.26 Å². The van der Waals surface area contributed by atoms with Crippen LogP contribution in [0.4, 0.5) is 10.5 Å². The Morgan fingerprint density at radius 1 is 1.15 bits per heavy atom. The molecule has 1 saturated heterocycles. The summed E-state index contributed by atoms with van der Waals surface area (Å²) in [7, 11) is 0. The number of nitrogens with zero attached hydrogens (tertiary/aromatic N) is 2. The summed E-state index contributed by atoms with van der Waals surface area (Å²) in [5.41, 5.74) is 1.26. The van der Waals surface area contributed by atoms with E-state index in [1.165, 1.54) is 0 Å². The van der Waals surface area contributed by atoms with Crippen molar-refractivity contribution in [1.29, 1.82) is 5.26 Å². The van der Waals surface area contributed by atoms with Crippen LogP contribution in [0.2, 0.25) is 0 Å². The summed E-state index contributed by atoms with van der Waals surface area (Å²) in [5, 5.41) is 8.30. The van der Waals surface area contributed by atoms with Crippen molar-refractivity contribution in [3.63, 3.8) is 0 Å². The molecule has 0 radical (unpaired) electrons. The van der Waals surface area contributed by atoms with E-state index in [1.54, 1.807) is 42.5 Å². The minimum absolute atomic E-state index is 0.0769. The molecule has 0 saturated carbocycles. The van der Waals surface area contributed by atoms with E-state index in [2.05, 4.69) is 31.9 Å². The average Bonchev–Trinajstić information content (AvgIpc) is 2.88. The van der Waals surface area contributed by atoms with Gasteiger partial charge < -0.3 is 4.74 Å². The Balaban J connectivity index is 1.90. The molecule has 26 heavy (non-hydrogen) atoms. The number of imide groups is 1. The Hall–Kier alpha value is -2.08. The summed E-state index contributed by atoms with van der Waals surface area (Å²) >= 11 is 7.68. The molecule has 2 aromatic carbocycles. The Kier molecular flexibility index (Phi) is 5.81. The number of thioether (sulfide) groups is 1. The maximum Gasteiger partial charge on any atom is 0.298 e. The zero-order chi connectivity index (χ0) is 18.7. The summed E-state index contributed by atoms with van der Waals surface area (Å²) in [6.07, 6.45) is 1.65. The van der Waals surface area contributed by atoms with Gasteiger partial charge in [-0.05, 0) is 79.5 Å². The minimum atomic E-state index is -0.358. The second-order valence-corrected chi connectivity index (χ2v) is 7.81. The Bertz CT molecular complexity index is 932. The molecule has 3 rings (SSSR count). The molecule has 0 aliphatic carbocycles. The molecule has 5 nitrogen and oxygen atoms in total. The van der Waals surface area contributed by atoms with Crippen LogP contribution >= 0.6 is 43.6 Å². The summed E-state index contributed by atoms with van der Waals surface area (Å²) in [5.74, 6) is 0.143. The first kappa shape index (κ1) is 18.7. The van der Waals surface area contributed by atoms with Crippen LogP contribution in [0.5, 0.6) is 5.75 Å². The second-order valence-electron chi connectivity index (χ2n) is 5.11. The monoisotopic (exact) mass is 492 g/mol. The molecule has 130 valence electrons. The van der Waals surface area contributed by atoms with Crippen molar-refractivity contribution in [3.05, 3.63) is 61.9 Å². The highest BCUT2D eigenvalue weighted by molar-refractivity contribution is 9.11. The molecule has 0 atom stereocenters.